The molecule has 1 radical (unpaired) electrons. The number of hydrazone groups is 1. The molecule has 39 heavy (non-hydrogen) atoms. The number of carbonyl (C=O) groups is 1. The first kappa shape index (κ1) is 27.7. The Hall–Kier alpha value is -4.31. The van der Waals surface area contributed by atoms with Crippen molar-refractivity contribution in [3.63, 3.8) is 0 Å². The van der Waals surface area contributed by atoms with Crippen LogP contribution in [0.2, 0.25) is 6.82 Å². The first-order chi connectivity index (χ1) is 18.8. The second-order valence-corrected chi connectivity index (χ2v) is 9.07. The Balaban J connectivity index is 1.51. The fourth-order valence-electron chi connectivity index (χ4n) is 4.20. The summed E-state index contributed by atoms with van der Waals surface area (Å²) >= 11 is 0. The van der Waals surface area contributed by atoms with E-state index in [9.17, 15) is 9.18 Å². The minimum absolute atomic E-state index is 0.0831. The van der Waals surface area contributed by atoms with Crippen LogP contribution in [0.1, 0.15) is 23.0 Å². The van der Waals surface area contributed by atoms with Gasteiger partial charge in [0.25, 0.3) is 0 Å². The minimum Gasteiger partial charge on any atom is -0.495 e. The number of hydrogen-bond donors (Lipinski definition) is 3. The maximum atomic E-state index is 14.0. The van der Waals surface area contributed by atoms with E-state index in [1.807, 2.05) is 65.5 Å². The number of aromatic nitrogens is 1. The van der Waals surface area contributed by atoms with Gasteiger partial charge in [-0.15, -0.1) is 0 Å². The second-order valence-electron chi connectivity index (χ2n) is 9.07. The molecule has 0 saturated carbocycles. The number of fused-ring (bicyclic) bond motifs is 1. The average Bonchev–Trinajstić information content (AvgIpc) is 3.34. The lowest BCUT2D eigenvalue weighted by molar-refractivity contribution is 0.0959. The van der Waals surface area contributed by atoms with Crippen LogP contribution in [0, 0.1) is 18.7 Å². The molecule has 4 rings (SSSR count). The topological polar surface area (TPSA) is 91.0 Å². The maximum absolute atomic E-state index is 14.0. The Morgan fingerprint density at radius 3 is 2.67 bits per heavy atom. The summed E-state index contributed by atoms with van der Waals surface area (Å²) in [6.07, 6.45) is 1.63. The van der Waals surface area contributed by atoms with Gasteiger partial charge >= 0.3 is 0 Å². The SMILES string of the molecule is C[B]Nc1cc2cc(C(=O)C(C)/C=N\N(CNC)c3ccc(Oc4ccccc4F)cc3C)[nH]c2cc1OC. The van der Waals surface area contributed by atoms with Crippen LogP contribution in [0.5, 0.6) is 17.2 Å². The number of halogens is 1. The molecule has 0 spiro atoms. The number of aromatic amines is 1. The molecule has 8 nitrogen and oxygen atoms in total. The van der Waals surface area contributed by atoms with Crippen LogP contribution in [-0.4, -0.2) is 45.2 Å². The number of benzene rings is 3. The lowest BCUT2D eigenvalue weighted by Gasteiger charge is -2.22. The van der Waals surface area contributed by atoms with Crippen LogP contribution in [-0.2, 0) is 0 Å². The molecule has 4 aromatic rings. The molecule has 3 N–H and O–H groups in total. The largest absolute Gasteiger partial charge is 0.495 e. The fourth-order valence-corrected chi connectivity index (χ4v) is 4.20. The van der Waals surface area contributed by atoms with E-state index in [1.54, 1.807) is 42.6 Å². The van der Waals surface area contributed by atoms with Gasteiger partial charge in [0.2, 0.25) is 7.41 Å². The monoisotopic (exact) mass is 528 g/mol. The van der Waals surface area contributed by atoms with Crippen molar-refractivity contribution < 1.29 is 18.7 Å². The summed E-state index contributed by atoms with van der Waals surface area (Å²) in [6.45, 7) is 6.05. The van der Waals surface area contributed by atoms with Crippen molar-refractivity contribution >= 4 is 41.7 Å². The van der Waals surface area contributed by atoms with Gasteiger partial charge in [-0.25, -0.2) is 4.39 Å². The van der Waals surface area contributed by atoms with Gasteiger partial charge < -0.3 is 25.0 Å². The molecule has 0 amide bonds. The van der Waals surface area contributed by atoms with Crippen molar-refractivity contribution in [2.24, 2.45) is 11.0 Å². The summed E-state index contributed by atoms with van der Waals surface area (Å²) < 4.78 is 25.2. The summed E-state index contributed by atoms with van der Waals surface area (Å²) in [5, 5.41) is 13.5. The predicted molar refractivity (Wildman–Crippen MR) is 156 cm³/mol. The highest BCUT2D eigenvalue weighted by Gasteiger charge is 2.18. The van der Waals surface area contributed by atoms with Gasteiger partial charge in [-0.05, 0) is 68.9 Å². The third-order valence-corrected chi connectivity index (χ3v) is 6.17. The van der Waals surface area contributed by atoms with Crippen LogP contribution >= 0.6 is 0 Å². The summed E-state index contributed by atoms with van der Waals surface area (Å²) in [5.41, 5.74) is 3.84. The number of carbonyl (C=O) groups excluding carboxylic acids is 1. The van der Waals surface area contributed by atoms with Gasteiger partial charge in [0.05, 0.1) is 36.8 Å². The molecule has 1 unspecified atom stereocenters. The third kappa shape index (κ3) is 6.41. The number of ether oxygens (including phenoxy) is 2. The number of aryl methyl sites for hydroxylation is 1. The Kier molecular flexibility index (Phi) is 8.88. The molecule has 0 saturated heterocycles. The zero-order valence-electron chi connectivity index (χ0n) is 22.7. The smallest absolute Gasteiger partial charge is 0.239 e. The van der Waals surface area contributed by atoms with E-state index in [2.05, 4.69) is 20.6 Å². The van der Waals surface area contributed by atoms with Crippen molar-refractivity contribution in [1.29, 1.82) is 0 Å². The number of ketones is 1. The average molecular weight is 528 g/mol. The number of nitrogens with one attached hydrogen (secondary N) is 3. The number of hydrogen-bond acceptors (Lipinski definition) is 7. The number of anilines is 2. The molecule has 201 valence electrons. The highest BCUT2D eigenvalue weighted by molar-refractivity contribution is 6.38. The van der Waals surface area contributed by atoms with E-state index < -0.39 is 11.7 Å². The summed E-state index contributed by atoms with van der Waals surface area (Å²) in [5.74, 6) is 0.368. The summed E-state index contributed by atoms with van der Waals surface area (Å²) in [7, 11) is 5.25. The van der Waals surface area contributed by atoms with Gasteiger partial charge in [-0.2, -0.15) is 5.10 Å². The number of nitrogens with zero attached hydrogens (tertiary/aromatic N) is 2. The molecule has 1 heterocycles. The van der Waals surface area contributed by atoms with Crippen LogP contribution < -0.4 is 25.0 Å². The zero-order valence-corrected chi connectivity index (χ0v) is 22.7. The van der Waals surface area contributed by atoms with E-state index in [1.165, 1.54) is 6.07 Å². The van der Waals surface area contributed by atoms with E-state index in [0.29, 0.717) is 23.9 Å². The summed E-state index contributed by atoms with van der Waals surface area (Å²) in [4.78, 5) is 16.5. The van der Waals surface area contributed by atoms with Crippen molar-refractivity contribution in [2.45, 2.75) is 20.7 Å². The Morgan fingerprint density at radius 1 is 1.18 bits per heavy atom. The first-order valence-electron chi connectivity index (χ1n) is 12.6. The maximum Gasteiger partial charge on any atom is 0.239 e. The molecule has 3 aromatic carbocycles. The molecule has 0 fully saturated rings. The molecular formula is C29H32BFN5O3. The van der Waals surface area contributed by atoms with Crippen molar-refractivity contribution in [1.82, 2.24) is 10.3 Å². The van der Waals surface area contributed by atoms with Crippen LogP contribution in [0.15, 0.2) is 65.8 Å². The molecular weight excluding hydrogens is 496 g/mol. The van der Waals surface area contributed by atoms with E-state index in [4.69, 9.17) is 9.47 Å². The second kappa shape index (κ2) is 12.5. The Morgan fingerprint density at radius 2 is 1.97 bits per heavy atom. The normalized spacial score (nSPS) is 11.9. The number of Topliss-reactive ketones (excluding diaryl/α,β-unsaturated/α-hetero) is 1. The van der Waals surface area contributed by atoms with E-state index in [0.717, 1.165) is 27.8 Å². The Labute approximate surface area is 228 Å². The van der Waals surface area contributed by atoms with E-state index in [-0.39, 0.29) is 11.5 Å². The van der Waals surface area contributed by atoms with Gasteiger partial charge in [-0.1, -0.05) is 19.0 Å². The standard InChI is InChI=1S/C29H32BFN5O3/c1-18-12-21(39-27-9-7-6-8-22(27)31)10-11-26(18)36(17-32-4)33-16-19(2)29(37)25-14-20-13-24(35-30-3)28(38-5)15-23(20)34-25/h6-16,19,32,34-35H,17H2,1-5H3/b33-16-. The van der Waals surface area contributed by atoms with Gasteiger partial charge in [0.1, 0.15) is 11.5 Å². The van der Waals surface area contributed by atoms with E-state index >= 15 is 0 Å². The van der Waals surface area contributed by atoms with Gasteiger partial charge in [0.15, 0.2) is 17.3 Å². The molecule has 1 atom stereocenters. The first-order valence-corrected chi connectivity index (χ1v) is 12.6. The molecule has 0 aliphatic rings. The molecule has 10 heteroatoms. The number of methoxy groups -OCH3 is 1. The third-order valence-electron chi connectivity index (χ3n) is 6.17. The highest BCUT2D eigenvalue weighted by atomic mass is 19.1. The lowest BCUT2D eigenvalue weighted by Crippen LogP contribution is -2.29. The predicted octanol–water partition coefficient (Wildman–Crippen LogP) is 5.98. The number of para-hydroxylation sites is 1. The number of rotatable bonds is 12. The van der Waals surface area contributed by atoms with Gasteiger partial charge in [0, 0.05) is 23.2 Å². The lowest BCUT2D eigenvalue weighted by atomic mass is 9.99. The Bertz CT molecular complexity index is 1490. The van der Waals surface area contributed by atoms with Gasteiger partial charge in [-0.3, -0.25) is 9.80 Å². The quantitative estimate of drug-likeness (QED) is 0.0689. The number of H-pyrrole nitrogens is 1. The molecule has 0 aliphatic carbocycles. The molecule has 0 aliphatic heterocycles. The van der Waals surface area contributed by atoms with Crippen molar-refractivity contribution in [3.8, 4) is 17.2 Å². The zero-order chi connectivity index (χ0) is 27.9. The fraction of sp³-hybridized carbons (Fsp3) is 0.241. The molecule has 1 aromatic heterocycles. The highest BCUT2D eigenvalue weighted by Crippen LogP contribution is 2.31. The minimum atomic E-state index is -0.482. The van der Waals surface area contributed by atoms with Crippen LogP contribution in [0.4, 0.5) is 15.8 Å². The summed E-state index contributed by atoms with van der Waals surface area (Å²) in [6, 6.07) is 17.4. The van der Waals surface area contributed by atoms with Crippen LogP contribution in [0.25, 0.3) is 10.9 Å². The molecule has 0 bridgehead atoms. The van der Waals surface area contributed by atoms with Crippen molar-refractivity contribution in [3.05, 3.63) is 77.7 Å². The van der Waals surface area contributed by atoms with Crippen LogP contribution in [0.3, 0.4) is 0 Å². The van der Waals surface area contributed by atoms with Crippen molar-refractivity contribution in [2.75, 3.05) is 31.1 Å².